The van der Waals surface area contributed by atoms with E-state index in [1.165, 1.54) is 24.0 Å². The van der Waals surface area contributed by atoms with Crippen molar-refractivity contribution in [1.82, 2.24) is 0 Å². The van der Waals surface area contributed by atoms with Crippen LogP contribution in [0.3, 0.4) is 0 Å². The smallest absolute Gasteiger partial charge is 0.0793 e. The Morgan fingerprint density at radius 3 is 2.80 bits per heavy atom. The van der Waals surface area contributed by atoms with Crippen LogP contribution in [0.2, 0.25) is 0 Å². The Labute approximate surface area is 93.5 Å². The van der Waals surface area contributed by atoms with Gasteiger partial charge in [-0.2, -0.15) is 0 Å². The number of ether oxygens (including phenoxy) is 1. The third-order valence-corrected chi connectivity index (χ3v) is 3.01. The van der Waals surface area contributed by atoms with Gasteiger partial charge in [0.1, 0.15) is 0 Å². The third kappa shape index (κ3) is 2.82. The van der Waals surface area contributed by atoms with Gasteiger partial charge in [0.15, 0.2) is 0 Å². The second-order valence-corrected chi connectivity index (χ2v) is 4.04. The minimum atomic E-state index is 0.322. The molecule has 84 valence electrons. The highest BCUT2D eigenvalue weighted by Gasteiger charge is 2.24. The molecule has 0 bridgehead atoms. The van der Waals surface area contributed by atoms with Crippen molar-refractivity contribution in [3.8, 4) is 0 Å². The minimum absolute atomic E-state index is 0.322. The summed E-state index contributed by atoms with van der Waals surface area (Å²) in [6.45, 7) is 12.9. The molecular weight excluding hydrogens is 184 g/mol. The van der Waals surface area contributed by atoms with E-state index in [9.17, 15) is 0 Å². The first-order chi connectivity index (χ1) is 7.24. The summed E-state index contributed by atoms with van der Waals surface area (Å²) in [5.41, 5.74) is 3.80. The van der Waals surface area contributed by atoms with Crippen LogP contribution in [0, 0.1) is 0 Å². The first-order valence-corrected chi connectivity index (χ1v) is 5.89. The molecule has 0 saturated heterocycles. The van der Waals surface area contributed by atoms with Gasteiger partial charge in [0.2, 0.25) is 0 Å². The molecule has 1 nitrogen and oxygen atoms in total. The average Bonchev–Trinajstić information content (AvgIpc) is 2.67. The lowest BCUT2D eigenvalue weighted by atomic mass is 9.95. The molecule has 0 saturated carbocycles. The molecular formula is C14H22O. The van der Waals surface area contributed by atoms with Gasteiger partial charge in [0.05, 0.1) is 12.7 Å². The van der Waals surface area contributed by atoms with E-state index in [1.54, 1.807) is 0 Å². The Balaban J connectivity index is 2.83. The number of unbranched alkanes of at least 4 members (excludes halogenated alkanes) is 1. The van der Waals surface area contributed by atoms with E-state index in [-0.39, 0.29) is 0 Å². The van der Waals surface area contributed by atoms with Gasteiger partial charge in [0.25, 0.3) is 0 Å². The van der Waals surface area contributed by atoms with Gasteiger partial charge in [0, 0.05) is 0 Å². The Hall–Kier alpha value is -0.820. The summed E-state index contributed by atoms with van der Waals surface area (Å²) in [5.74, 6) is 0. The molecule has 0 amide bonds. The fourth-order valence-electron chi connectivity index (χ4n) is 2.04. The fourth-order valence-corrected chi connectivity index (χ4v) is 2.04. The van der Waals surface area contributed by atoms with Crippen LogP contribution < -0.4 is 0 Å². The maximum absolute atomic E-state index is 5.76. The Morgan fingerprint density at radius 1 is 1.53 bits per heavy atom. The number of hydrogen-bond donors (Lipinski definition) is 0. The molecule has 0 radical (unpaired) electrons. The van der Waals surface area contributed by atoms with E-state index in [0.717, 1.165) is 25.0 Å². The average molecular weight is 206 g/mol. The van der Waals surface area contributed by atoms with Crippen molar-refractivity contribution < 1.29 is 4.74 Å². The zero-order valence-electron chi connectivity index (χ0n) is 10.0. The maximum Gasteiger partial charge on any atom is 0.0793 e. The molecule has 0 aromatic carbocycles. The highest BCUT2D eigenvalue weighted by molar-refractivity contribution is 5.43. The van der Waals surface area contributed by atoms with Gasteiger partial charge in [-0.25, -0.2) is 0 Å². The van der Waals surface area contributed by atoms with Crippen molar-refractivity contribution in [1.29, 1.82) is 0 Å². The van der Waals surface area contributed by atoms with Crippen molar-refractivity contribution in [2.24, 2.45) is 0 Å². The third-order valence-electron chi connectivity index (χ3n) is 3.01. The lowest BCUT2D eigenvalue weighted by Crippen LogP contribution is -2.08. The summed E-state index contributed by atoms with van der Waals surface area (Å²) in [6.07, 6.45) is 6.84. The summed E-state index contributed by atoms with van der Waals surface area (Å²) in [7, 11) is 0. The molecule has 0 spiro atoms. The lowest BCUT2D eigenvalue weighted by molar-refractivity contribution is 0.115. The van der Waals surface area contributed by atoms with E-state index in [0.29, 0.717) is 6.10 Å². The van der Waals surface area contributed by atoms with Crippen LogP contribution >= 0.6 is 0 Å². The second kappa shape index (κ2) is 5.92. The molecule has 0 aromatic heterocycles. The van der Waals surface area contributed by atoms with Gasteiger partial charge < -0.3 is 4.74 Å². The molecule has 0 aromatic rings. The SMILES string of the molecule is C=CC(=C)C1=C(CCCC)C(CC)OC1. The summed E-state index contributed by atoms with van der Waals surface area (Å²) < 4.78 is 5.76. The molecule has 1 heteroatoms. The number of allylic oxidation sites excluding steroid dienone is 1. The van der Waals surface area contributed by atoms with Crippen LogP contribution in [0.1, 0.15) is 39.5 Å². The molecule has 1 aliphatic heterocycles. The monoisotopic (exact) mass is 206 g/mol. The van der Waals surface area contributed by atoms with Crippen LogP contribution in [0.4, 0.5) is 0 Å². The normalized spacial score (nSPS) is 20.8. The van der Waals surface area contributed by atoms with Crippen molar-refractivity contribution >= 4 is 0 Å². The van der Waals surface area contributed by atoms with Gasteiger partial charge in [-0.1, -0.05) is 39.5 Å². The standard InChI is InChI=1S/C14H22O/c1-5-8-9-12-13(11(4)6-2)10-15-14(12)7-3/h6,14H,2,4-5,7-10H2,1,3H3. The van der Waals surface area contributed by atoms with Gasteiger partial charge in [-0.3, -0.25) is 0 Å². The van der Waals surface area contributed by atoms with E-state index in [2.05, 4.69) is 27.0 Å². The summed E-state index contributed by atoms with van der Waals surface area (Å²) >= 11 is 0. The first-order valence-electron chi connectivity index (χ1n) is 5.89. The van der Waals surface area contributed by atoms with E-state index >= 15 is 0 Å². The van der Waals surface area contributed by atoms with Crippen LogP contribution in [-0.4, -0.2) is 12.7 Å². The van der Waals surface area contributed by atoms with Crippen LogP contribution in [0.5, 0.6) is 0 Å². The Morgan fingerprint density at radius 2 is 2.27 bits per heavy atom. The molecule has 1 aliphatic rings. The fraction of sp³-hybridized carbons (Fsp3) is 0.571. The van der Waals surface area contributed by atoms with Crippen molar-refractivity contribution in [2.75, 3.05) is 6.61 Å². The molecule has 15 heavy (non-hydrogen) atoms. The molecule has 1 atom stereocenters. The van der Waals surface area contributed by atoms with Gasteiger partial charge >= 0.3 is 0 Å². The topological polar surface area (TPSA) is 9.23 Å². The Kier molecular flexibility index (Phi) is 4.83. The summed E-state index contributed by atoms with van der Waals surface area (Å²) in [6, 6.07) is 0. The van der Waals surface area contributed by atoms with E-state index in [4.69, 9.17) is 4.74 Å². The molecule has 0 N–H and O–H groups in total. The first kappa shape index (κ1) is 12.3. The minimum Gasteiger partial charge on any atom is -0.369 e. The maximum atomic E-state index is 5.76. The molecule has 0 aliphatic carbocycles. The Bertz CT molecular complexity index is 273. The molecule has 0 fully saturated rings. The zero-order chi connectivity index (χ0) is 11.3. The lowest BCUT2D eigenvalue weighted by Gasteiger charge is -2.12. The van der Waals surface area contributed by atoms with Crippen molar-refractivity contribution in [2.45, 2.75) is 45.6 Å². The number of hydrogen-bond acceptors (Lipinski definition) is 1. The predicted molar refractivity (Wildman–Crippen MR) is 65.9 cm³/mol. The summed E-state index contributed by atoms with van der Waals surface area (Å²) in [5, 5.41) is 0. The predicted octanol–water partition coefficient (Wildman–Crippen LogP) is 4.02. The van der Waals surface area contributed by atoms with E-state index in [1.807, 2.05) is 6.08 Å². The van der Waals surface area contributed by atoms with Gasteiger partial charge in [-0.15, -0.1) is 0 Å². The zero-order valence-corrected chi connectivity index (χ0v) is 10.0. The second-order valence-electron chi connectivity index (χ2n) is 4.04. The van der Waals surface area contributed by atoms with Crippen LogP contribution in [-0.2, 0) is 4.74 Å². The molecule has 1 rings (SSSR count). The highest BCUT2D eigenvalue weighted by atomic mass is 16.5. The van der Waals surface area contributed by atoms with Crippen LogP contribution in [0.15, 0.2) is 36.0 Å². The van der Waals surface area contributed by atoms with Crippen molar-refractivity contribution in [3.63, 3.8) is 0 Å². The molecule has 1 heterocycles. The largest absolute Gasteiger partial charge is 0.369 e. The van der Waals surface area contributed by atoms with Crippen LogP contribution in [0.25, 0.3) is 0 Å². The highest BCUT2D eigenvalue weighted by Crippen LogP contribution is 2.31. The quantitative estimate of drug-likeness (QED) is 0.596. The van der Waals surface area contributed by atoms with Crippen molar-refractivity contribution in [3.05, 3.63) is 36.0 Å². The summed E-state index contributed by atoms with van der Waals surface area (Å²) in [4.78, 5) is 0. The number of rotatable bonds is 6. The van der Waals surface area contributed by atoms with E-state index < -0.39 is 0 Å². The molecule has 1 unspecified atom stereocenters. The van der Waals surface area contributed by atoms with Gasteiger partial charge in [-0.05, 0) is 36.0 Å².